The summed E-state index contributed by atoms with van der Waals surface area (Å²) in [6.45, 7) is 0.956. The molecule has 0 aromatic heterocycles. The molecular formula is C13H18ClNO. The van der Waals surface area contributed by atoms with Crippen molar-refractivity contribution in [3.63, 3.8) is 0 Å². The lowest BCUT2D eigenvalue weighted by Crippen LogP contribution is -2.45. The standard InChI is InChI=1S/C13H18ClNO/c14-12-6-2-1-5-11(12)9-15-13(10-16)7-3-4-8-13/h1-2,5-6,15-16H,3-4,7-10H2. The molecule has 1 aromatic rings. The molecule has 0 saturated heterocycles. The molecule has 1 fully saturated rings. The minimum absolute atomic E-state index is 0.0703. The summed E-state index contributed by atoms with van der Waals surface area (Å²) in [5, 5.41) is 13.7. The van der Waals surface area contributed by atoms with Crippen molar-refractivity contribution in [2.24, 2.45) is 0 Å². The first-order valence-corrected chi connectivity index (χ1v) is 6.23. The van der Waals surface area contributed by atoms with Crippen LogP contribution in [0.2, 0.25) is 5.02 Å². The fraction of sp³-hybridized carbons (Fsp3) is 0.538. The highest BCUT2D eigenvalue weighted by molar-refractivity contribution is 6.31. The maximum absolute atomic E-state index is 9.47. The summed E-state index contributed by atoms with van der Waals surface area (Å²) in [5.74, 6) is 0. The highest BCUT2D eigenvalue weighted by atomic mass is 35.5. The first-order chi connectivity index (χ1) is 7.76. The predicted octanol–water partition coefficient (Wildman–Crippen LogP) is 2.73. The molecule has 2 N–H and O–H groups in total. The molecular weight excluding hydrogens is 222 g/mol. The lowest BCUT2D eigenvalue weighted by molar-refractivity contribution is 0.163. The largest absolute Gasteiger partial charge is 0.394 e. The van der Waals surface area contributed by atoms with Crippen LogP contribution in [-0.4, -0.2) is 17.3 Å². The summed E-state index contributed by atoms with van der Waals surface area (Å²) >= 11 is 6.10. The molecule has 0 aliphatic heterocycles. The third-order valence-corrected chi connectivity index (χ3v) is 3.84. The first kappa shape index (κ1) is 11.9. The number of rotatable bonds is 4. The molecule has 16 heavy (non-hydrogen) atoms. The van der Waals surface area contributed by atoms with Gasteiger partial charge in [-0.1, -0.05) is 42.6 Å². The highest BCUT2D eigenvalue weighted by Crippen LogP contribution is 2.29. The molecule has 0 amide bonds. The van der Waals surface area contributed by atoms with Gasteiger partial charge in [0.15, 0.2) is 0 Å². The van der Waals surface area contributed by atoms with Crippen LogP contribution in [-0.2, 0) is 6.54 Å². The van der Waals surface area contributed by atoms with Crippen LogP contribution in [0.1, 0.15) is 31.2 Å². The third kappa shape index (κ3) is 2.57. The maximum Gasteiger partial charge on any atom is 0.0613 e. The zero-order valence-corrected chi connectivity index (χ0v) is 10.1. The van der Waals surface area contributed by atoms with Gasteiger partial charge >= 0.3 is 0 Å². The van der Waals surface area contributed by atoms with Crippen LogP contribution in [0.5, 0.6) is 0 Å². The smallest absolute Gasteiger partial charge is 0.0613 e. The minimum atomic E-state index is -0.0703. The zero-order valence-electron chi connectivity index (χ0n) is 9.38. The SMILES string of the molecule is OCC1(NCc2ccccc2Cl)CCCC1. The second-order valence-corrected chi connectivity index (χ2v) is 5.00. The number of hydrogen-bond acceptors (Lipinski definition) is 2. The lowest BCUT2D eigenvalue weighted by atomic mass is 9.98. The van der Waals surface area contributed by atoms with E-state index in [0.29, 0.717) is 0 Å². The summed E-state index contributed by atoms with van der Waals surface area (Å²) in [7, 11) is 0. The molecule has 0 unspecified atom stereocenters. The molecule has 0 atom stereocenters. The Morgan fingerprint density at radius 2 is 1.94 bits per heavy atom. The van der Waals surface area contributed by atoms with Crippen molar-refractivity contribution in [3.8, 4) is 0 Å². The zero-order chi connectivity index (χ0) is 11.4. The topological polar surface area (TPSA) is 32.3 Å². The maximum atomic E-state index is 9.47. The summed E-state index contributed by atoms with van der Waals surface area (Å²) in [5.41, 5.74) is 1.03. The molecule has 1 aliphatic carbocycles. The van der Waals surface area contributed by atoms with E-state index < -0.39 is 0 Å². The monoisotopic (exact) mass is 239 g/mol. The van der Waals surface area contributed by atoms with Gasteiger partial charge in [-0.3, -0.25) is 0 Å². The van der Waals surface area contributed by atoms with Crippen LogP contribution >= 0.6 is 11.6 Å². The number of nitrogens with one attached hydrogen (secondary N) is 1. The molecule has 2 rings (SSSR count). The molecule has 1 aromatic carbocycles. The van der Waals surface area contributed by atoms with Crippen LogP contribution in [0.15, 0.2) is 24.3 Å². The Labute approximate surface area is 102 Å². The fourth-order valence-corrected chi connectivity index (χ4v) is 2.57. The molecule has 1 saturated carbocycles. The van der Waals surface area contributed by atoms with Gasteiger partial charge < -0.3 is 10.4 Å². The first-order valence-electron chi connectivity index (χ1n) is 5.85. The Balaban J connectivity index is 1.98. The van der Waals surface area contributed by atoms with Gasteiger partial charge in [0.2, 0.25) is 0 Å². The molecule has 0 bridgehead atoms. The van der Waals surface area contributed by atoms with Crippen molar-refractivity contribution in [2.75, 3.05) is 6.61 Å². The Bertz CT molecular complexity index is 348. The van der Waals surface area contributed by atoms with E-state index in [4.69, 9.17) is 11.6 Å². The lowest BCUT2D eigenvalue weighted by Gasteiger charge is -2.28. The molecule has 2 nitrogen and oxygen atoms in total. The Morgan fingerprint density at radius 1 is 1.25 bits per heavy atom. The number of halogens is 1. The Hall–Kier alpha value is -0.570. The van der Waals surface area contributed by atoms with Crippen molar-refractivity contribution in [3.05, 3.63) is 34.9 Å². The van der Waals surface area contributed by atoms with E-state index in [2.05, 4.69) is 5.32 Å². The van der Waals surface area contributed by atoms with E-state index in [0.717, 1.165) is 30.0 Å². The number of aliphatic hydroxyl groups is 1. The van der Waals surface area contributed by atoms with E-state index in [-0.39, 0.29) is 12.1 Å². The minimum Gasteiger partial charge on any atom is -0.394 e. The summed E-state index contributed by atoms with van der Waals surface area (Å²) in [6.07, 6.45) is 4.54. The molecule has 0 heterocycles. The van der Waals surface area contributed by atoms with Crippen molar-refractivity contribution in [1.29, 1.82) is 0 Å². The van der Waals surface area contributed by atoms with Crippen LogP contribution in [0, 0.1) is 0 Å². The average molecular weight is 240 g/mol. The Kier molecular flexibility index (Phi) is 3.85. The number of hydrogen-bond donors (Lipinski definition) is 2. The summed E-state index contributed by atoms with van der Waals surface area (Å²) < 4.78 is 0. The fourth-order valence-electron chi connectivity index (χ4n) is 2.37. The van der Waals surface area contributed by atoms with E-state index in [1.165, 1.54) is 12.8 Å². The van der Waals surface area contributed by atoms with Crippen LogP contribution < -0.4 is 5.32 Å². The van der Waals surface area contributed by atoms with Gasteiger partial charge in [0.25, 0.3) is 0 Å². The van der Waals surface area contributed by atoms with Crippen molar-refractivity contribution in [2.45, 2.75) is 37.8 Å². The average Bonchev–Trinajstić information content (AvgIpc) is 2.78. The molecule has 0 radical (unpaired) electrons. The number of aliphatic hydroxyl groups excluding tert-OH is 1. The molecule has 1 aliphatic rings. The second-order valence-electron chi connectivity index (χ2n) is 4.59. The van der Waals surface area contributed by atoms with Crippen LogP contribution in [0.4, 0.5) is 0 Å². The quantitative estimate of drug-likeness (QED) is 0.847. The third-order valence-electron chi connectivity index (χ3n) is 3.48. The van der Waals surface area contributed by atoms with E-state index in [1.54, 1.807) is 0 Å². The van der Waals surface area contributed by atoms with E-state index in [1.807, 2.05) is 24.3 Å². The van der Waals surface area contributed by atoms with Gasteiger partial charge in [0.1, 0.15) is 0 Å². The molecule has 88 valence electrons. The predicted molar refractivity (Wildman–Crippen MR) is 66.6 cm³/mol. The van der Waals surface area contributed by atoms with Gasteiger partial charge in [-0.2, -0.15) is 0 Å². The van der Waals surface area contributed by atoms with E-state index in [9.17, 15) is 5.11 Å². The van der Waals surface area contributed by atoms with Crippen molar-refractivity contribution >= 4 is 11.6 Å². The van der Waals surface area contributed by atoms with Crippen molar-refractivity contribution < 1.29 is 5.11 Å². The van der Waals surface area contributed by atoms with Gasteiger partial charge in [-0.05, 0) is 24.5 Å². The summed E-state index contributed by atoms with van der Waals surface area (Å²) in [6, 6.07) is 7.85. The highest BCUT2D eigenvalue weighted by Gasteiger charge is 2.32. The van der Waals surface area contributed by atoms with Gasteiger partial charge in [-0.25, -0.2) is 0 Å². The summed E-state index contributed by atoms with van der Waals surface area (Å²) in [4.78, 5) is 0. The second kappa shape index (κ2) is 5.17. The van der Waals surface area contributed by atoms with Crippen molar-refractivity contribution in [1.82, 2.24) is 5.32 Å². The van der Waals surface area contributed by atoms with Crippen LogP contribution in [0.25, 0.3) is 0 Å². The van der Waals surface area contributed by atoms with Gasteiger partial charge in [-0.15, -0.1) is 0 Å². The van der Waals surface area contributed by atoms with E-state index >= 15 is 0 Å². The van der Waals surface area contributed by atoms with Crippen LogP contribution in [0.3, 0.4) is 0 Å². The Morgan fingerprint density at radius 3 is 2.56 bits per heavy atom. The molecule has 3 heteroatoms. The normalized spacial score (nSPS) is 18.9. The van der Waals surface area contributed by atoms with Gasteiger partial charge in [0.05, 0.1) is 6.61 Å². The molecule has 0 spiro atoms. The number of benzene rings is 1. The van der Waals surface area contributed by atoms with Gasteiger partial charge in [0, 0.05) is 17.1 Å².